The van der Waals surface area contributed by atoms with E-state index in [1.807, 2.05) is 0 Å². The zero-order chi connectivity index (χ0) is 47.4. The predicted octanol–water partition coefficient (Wildman–Crippen LogP) is 19.4. The molecular formula is C59H114O6. The van der Waals surface area contributed by atoms with Crippen LogP contribution in [0.5, 0.6) is 0 Å². The molecule has 0 aromatic carbocycles. The quantitative estimate of drug-likeness (QED) is 0.0344. The summed E-state index contributed by atoms with van der Waals surface area (Å²) in [5.41, 5.74) is 0. The van der Waals surface area contributed by atoms with Gasteiger partial charge in [0.2, 0.25) is 0 Å². The van der Waals surface area contributed by atoms with Crippen LogP contribution >= 0.6 is 0 Å². The van der Waals surface area contributed by atoms with Crippen molar-refractivity contribution in [2.75, 3.05) is 13.2 Å². The number of carbonyl (C=O) groups is 3. The normalized spacial score (nSPS) is 12.0. The molecule has 6 nitrogen and oxygen atoms in total. The molecule has 0 spiro atoms. The van der Waals surface area contributed by atoms with E-state index in [1.54, 1.807) is 0 Å². The molecule has 1 atom stereocenters. The predicted molar refractivity (Wildman–Crippen MR) is 280 cm³/mol. The second-order valence-corrected chi connectivity index (χ2v) is 20.8. The summed E-state index contributed by atoms with van der Waals surface area (Å²) in [6, 6.07) is 0. The zero-order valence-corrected chi connectivity index (χ0v) is 44.5. The van der Waals surface area contributed by atoms with Gasteiger partial charge in [0.25, 0.3) is 0 Å². The van der Waals surface area contributed by atoms with Crippen LogP contribution in [0.4, 0.5) is 0 Å². The van der Waals surface area contributed by atoms with Crippen molar-refractivity contribution in [2.45, 2.75) is 342 Å². The summed E-state index contributed by atoms with van der Waals surface area (Å²) in [7, 11) is 0. The molecular weight excluding hydrogens is 805 g/mol. The van der Waals surface area contributed by atoms with Gasteiger partial charge in [-0.3, -0.25) is 14.4 Å². The zero-order valence-electron chi connectivity index (χ0n) is 44.5. The van der Waals surface area contributed by atoms with Gasteiger partial charge in [0.15, 0.2) is 6.10 Å². The highest BCUT2D eigenvalue weighted by molar-refractivity contribution is 5.71. The molecule has 0 aromatic heterocycles. The maximum Gasteiger partial charge on any atom is 0.306 e. The van der Waals surface area contributed by atoms with Gasteiger partial charge in [-0.05, 0) is 25.2 Å². The minimum absolute atomic E-state index is 0.0619. The average molecular weight is 920 g/mol. The van der Waals surface area contributed by atoms with Crippen LogP contribution in [0.25, 0.3) is 0 Å². The first kappa shape index (κ1) is 63.4. The Kier molecular flexibility index (Phi) is 52.1. The standard InChI is InChI=1S/C59H114O6/c1-5-7-9-11-13-15-17-19-21-23-24-26-28-30-36-40-44-48-52-59(62)65-56(54-64-58(61)51-47-43-39-35-32-31-33-37-41-45-49-55(3)4)53-63-57(60)50-46-42-38-34-29-27-25-22-20-18-16-14-12-10-8-6-2/h55-56H,5-54H2,1-4H3/t56-/m0/s1. The molecule has 0 fully saturated rings. The topological polar surface area (TPSA) is 78.9 Å². The van der Waals surface area contributed by atoms with Gasteiger partial charge in [-0.15, -0.1) is 0 Å². The number of rotatable bonds is 54. The van der Waals surface area contributed by atoms with Gasteiger partial charge in [0, 0.05) is 19.3 Å². The molecule has 0 aliphatic carbocycles. The van der Waals surface area contributed by atoms with Crippen LogP contribution in [0.2, 0.25) is 0 Å². The van der Waals surface area contributed by atoms with Gasteiger partial charge in [0.1, 0.15) is 13.2 Å². The Labute approximate surface area is 406 Å². The van der Waals surface area contributed by atoms with E-state index in [0.29, 0.717) is 19.3 Å². The van der Waals surface area contributed by atoms with Crippen LogP contribution in [-0.2, 0) is 28.6 Å². The lowest BCUT2D eigenvalue weighted by Gasteiger charge is -2.18. The molecule has 386 valence electrons. The highest BCUT2D eigenvalue weighted by Crippen LogP contribution is 2.18. The van der Waals surface area contributed by atoms with E-state index in [9.17, 15) is 14.4 Å². The molecule has 0 bridgehead atoms. The first-order valence-corrected chi connectivity index (χ1v) is 29.4. The Morgan fingerprint density at radius 3 is 0.754 bits per heavy atom. The lowest BCUT2D eigenvalue weighted by molar-refractivity contribution is -0.167. The summed E-state index contributed by atoms with van der Waals surface area (Å²) in [5, 5.41) is 0. The second-order valence-electron chi connectivity index (χ2n) is 20.8. The molecule has 0 N–H and O–H groups in total. The van der Waals surface area contributed by atoms with E-state index >= 15 is 0 Å². The van der Waals surface area contributed by atoms with Crippen molar-refractivity contribution in [3.63, 3.8) is 0 Å². The largest absolute Gasteiger partial charge is 0.462 e. The Morgan fingerprint density at radius 1 is 0.292 bits per heavy atom. The lowest BCUT2D eigenvalue weighted by atomic mass is 10.0. The highest BCUT2D eigenvalue weighted by Gasteiger charge is 2.19. The SMILES string of the molecule is CCCCCCCCCCCCCCCCCCCCC(=O)O[C@@H](COC(=O)CCCCCCCCCCCCCCCCCC)COC(=O)CCCCCCCCCCCCC(C)C. The number of unbranched alkanes of at least 4 members (excludes halogenated alkanes) is 41. The minimum atomic E-state index is -0.762. The smallest absolute Gasteiger partial charge is 0.306 e. The van der Waals surface area contributed by atoms with Crippen LogP contribution < -0.4 is 0 Å². The molecule has 0 aliphatic rings. The third kappa shape index (κ3) is 53.2. The van der Waals surface area contributed by atoms with Crippen LogP contribution in [0.15, 0.2) is 0 Å². The average Bonchev–Trinajstić information content (AvgIpc) is 3.29. The van der Waals surface area contributed by atoms with Crippen molar-refractivity contribution in [1.29, 1.82) is 0 Å². The molecule has 0 aromatic rings. The van der Waals surface area contributed by atoms with E-state index in [2.05, 4.69) is 27.7 Å². The summed E-state index contributed by atoms with van der Waals surface area (Å²) < 4.78 is 16.9. The first-order chi connectivity index (χ1) is 31.9. The molecule has 0 unspecified atom stereocenters. The minimum Gasteiger partial charge on any atom is -0.462 e. The first-order valence-electron chi connectivity index (χ1n) is 29.4. The van der Waals surface area contributed by atoms with Gasteiger partial charge in [-0.25, -0.2) is 0 Å². The molecule has 0 amide bonds. The highest BCUT2D eigenvalue weighted by atomic mass is 16.6. The van der Waals surface area contributed by atoms with Crippen LogP contribution in [0.3, 0.4) is 0 Å². The van der Waals surface area contributed by atoms with Gasteiger partial charge in [0.05, 0.1) is 0 Å². The van der Waals surface area contributed by atoms with Crippen molar-refractivity contribution < 1.29 is 28.6 Å². The Balaban J connectivity index is 4.28. The van der Waals surface area contributed by atoms with Crippen molar-refractivity contribution in [3.8, 4) is 0 Å². The fourth-order valence-electron chi connectivity index (χ4n) is 9.10. The van der Waals surface area contributed by atoms with Gasteiger partial charge in [-0.2, -0.15) is 0 Å². The Morgan fingerprint density at radius 2 is 0.508 bits per heavy atom. The van der Waals surface area contributed by atoms with Crippen molar-refractivity contribution in [2.24, 2.45) is 5.92 Å². The number of carbonyl (C=O) groups excluding carboxylic acids is 3. The fraction of sp³-hybridized carbons (Fsp3) is 0.949. The van der Waals surface area contributed by atoms with Crippen LogP contribution in [0.1, 0.15) is 336 Å². The third-order valence-corrected chi connectivity index (χ3v) is 13.5. The molecule has 0 radical (unpaired) electrons. The van der Waals surface area contributed by atoms with Gasteiger partial charge < -0.3 is 14.2 Å². The van der Waals surface area contributed by atoms with E-state index < -0.39 is 6.10 Å². The summed E-state index contributed by atoms with van der Waals surface area (Å²) in [5.74, 6) is -0.0167. The summed E-state index contributed by atoms with van der Waals surface area (Å²) in [6.07, 6.45) is 58.1. The van der Waals surface area contributed by atoms with Gasteiger partial charge in [-0.1, -0.05) is 297 Å². The Bertz CT molecular complexity index is 980. The van der Waals surface area contributed by atoms with Crippen LogP contribution in [0, 0.1) is 5.92 Å². The monoisotopic (exact) mass is 919 g/mol. The maximum absolute atomic E-state index is 12.9. The molecule has 0 saturated heterocycles. The summed E-state index contributed by atoms with van der Waals surface area (Å²) >= 11 is 0. The molecule has 0 aliphatic heterocycles. The molecule has 65 heavy (non-hydrogen) atoms. The van der Waals surface area contributed by atoms with Crippen molar-refractivity contribution >= 4 is 17.9 Å². The van der Waals surface area contributed by atoms with E-state index in [4.69, 9.17) is 14.2 Å². The van der Waals surface area contributed by atoms with Crippen molar-refractivity contribution in [3.05, 3.63) is 0 Å². The summed E-state index contributed by atoms with van der Waals surface area (Å²) in [4.78, 5) is 38.1. The number of ether oxygens (including phenoxy) is 3. The molecule has 0 saturated carbocycles. The second kappa shape index (κ2) is 53.4. The van der Waals surface area contributed by atoms with Crippen molar-refractivity contribution in [1.82, 2.24) is 0 Å². The number of hydrogen-bond acceptors (Lipinski definition) is 6. The van der Waals surface area contributed by atoms with Gasteiger partial charge >= 0.3 is 17.9 Å². The number of esters is 3. The van der Waals surface area contributed by atoms with Crippen LogP contribution in [-0.4, -0.2) is 37.2 Å². The third-order valence-electron chi connectivity index (χ3n) is 13.5. The molecule has 0 rings (SSSR count). The van der Waals surface area contributed by atoms with E-state index in [1.165, 1.54) is 231 Å². The van der Waals surface area contributed by atoms with E-state index in [-0.39, 0.29) is 31.1 Å². The number of hydrogen-bond donors (Lipinski definition) is 0. The molecule has 0 heterocycles. The maximum atomic E-state index is 12.9. The fourth-order valence-corrected chi connectivity index (χ4v) is 9.10. The lowest BCUT2D eigenvalue weighted by Crippen LogP contribution is -2.30. The van der Waals surface area contributed by atoms with E-state index in [0.717, 1.165) is 63.7 Å². The molecule has 6 heteroatoms. The summed E-state index contributed by atoms with van der Waals surface area (Å²) in [6.45, 7) is 9.05. The Hall–Kier alpha value is -1.59.